The van der Waals surface area contributed by atoms with Crippen LogP contribution in [0, 0.1) is 0 Å². The molecule has 13 nitrogen and oxygen atoms in total. The molecule has 0 saturated carbocycles. The lowest BCUT2D eigenvalue weighted by molar-refractivity contribution is -0.245. The van der Waals surface area contributed by atoms with Crippen molar-refractivity contribution in [2.45, 2.75) is 75.2 Å². The van der Waals surface area contributed by atoms with Gasteiger partial charge < -0.3 is 36.1 Å². The largest absolute Gasteiger partial charge is 0.508 e. The minimum Gasteiger partial charge on any atom is -0.508 e. The van der Waals surface area contributed by atoms with Crippen LogP contribution in [0.2, 0.25) is 0 Å². The van der Waals surface area contributed by atoms with Crippen LogP contribution in [0.5, 0.6) is 5.75 Å². The van der Waals surface area contributed by atoms with Gasteiger partial charge in [0.25, 0.3) is 0 Å². The van der Waals surface area contributed by atoms with E-state index in [1.54, 1.807) is 41.1 Å². The predicted octanol–water partition coefficient (Wildman–Crippen LogP) is 6.70. The molecule has 1 aromatic heterocycles. The Morgan fingerprint density at radius 2 is 1.51 bits per heavy atom. The van der Waals surface area contributed by atoms with Gasteiger partial charge in [0.2, 0.25) is 17.0 Å². The zero-order chi connectivity index (χ0) is 37.0. The maximum Gasteiger partial charge on any atom is 0.224 e. The van der Waals surface area contributed by atoms with E-state index in [-0.39, 0.29) is 36.4 Å². The molecular weight excluding hydrogens is 695 g/mol. The highest BCUT2D eigenvalue weighted by Gasteiger charge is 2.32. The number of aromatic hydroxyl groups is 1. The Labute approximate surface area is 311 Å². The van der Waals surface area contributed by atoms with Crippen molar-refractivity contribution in [3.05, 3.63) is 114 Å². The summed E-state index contributed by atoms with van der Waals surface area (Å²) in [5, 5.41) is 37.8. The van der Waals surface area contributed by atoms with E-state index in [0.717, 1.165) is 48.1 Å². The Bertz CT molecular complexity index is 1940. The number of amides is 2. The summed E-state index contributed by atoms with van der Waals surface area (Å²) < 4.78 is 14.6. The molecule has 0 spiro atoms. The van der Waals surface area contributed by atoms with Gasteiger partial charge >= 0.3 is 0 Å². The first-order chi connectivity index (χ1) is 25.8. The molecule has 53 heavy (non-hydrogen) atoms. The Morgan fingerprint density at radius 3 is 2.21 bits per heavy atom. The number of unbranched alkanes of at least 4 members (excludes halogenated alkanes) is 3. The molecule has 14 heteroatoms. The summed E-state index contributed by atoms with van der Waals surface area (Å²) in [7, 11) is 0. The smallest absolute Gasteiger partial charge is 0.224 e. The number of carbonyl (C=O) groups excluding carboxylic acids is 2. The van der Waals surface area contributed by atoms with Crippen LogP contribution in [-0.4, -0.2) is 54.1 Å². The molecule has 3 atom stereocenters. The van der Waals surface area contributed by atoms with Gasteiger partial charge in [-0.2, -0.15) is 4.68 Å². The number of benzene rings is 4. The highest BCUT2D eigenvalue weighted by Crippen LogP contribution is 2.39. The minimum atomic E-state index is -0.665. The third-order valence-electron chi connectivity index (χ3n) is 8.81. The van der Waals surface area contributed by atoms with Gasteiger partial charge in [-0.15, -0.1) is 5.10 Å². The number of para-hydroxylation sites is 2. The normalized spacial score (nSPS) is 17.0. The number of hydrogen-bond donors (Lipinski definition) is 5. The maximum atomic E-state index is 12.7. The van der Waals surface area contributed by atoms with E-state index in [4.69, 9.17) is 15.2 Å². The summed E-state index contributed by atoms with van der Waals surface area (Å²) >= 11 is 1.46. The van der Waals surface area contributed by atoms with E-state index in [1.165, 1.54) is 11.8 Å². The van der Waals surface area contributed by atoms with Crippen molar-refractivity contribution in [2.75, 3.05) is 22.1 Å². The van der Waals surface area contributed by atoms with Gasteiger partial charge in [0, 0.05) is 36.3 Å². The Kier molecular flexibility index (Phi) is 13.1. The molecular formula is C39H43N7O6S. The quantitative estimate of drug-likeness (QED) is 0.0412. The van der Waals surface area contributed by atoms with Crippen molar-refractivity contribution in [3.63, 3.8) is 0 Å². The molecule has 0 bridgehead atoms. The fourth-order valence-corrected chi connectivity index (χ4v) is 6.82. The first-order valence-corrected chi connectivity index (χ1v) is 18.6. The number of aliphatic hydroxyl groups is 1. The van der Waals surface area contributed by atoms with Crippen LogP contribution in [0.1, 0.15) is 74.0 Å². The molecule has 2 amide bonds. The van der Waals surface area contributed by atoms with Crippen molar-refractivity contribution >= 4 is 40.6 Å². The number of nitrogens with one attached hydrogen (secondary N) is 2. The molecule has 6 rings (SSSR count). The van der Waals surface area contributed by atoms with Crippen LogP contribution in [-0.2, 0) is 25.7 Å². The Balaban J connectivity index is 1.00. The van der Waals surface area contributed by atoms with Crippen LogP contribution in [0.3, 0.4) is 0 Å². The maximum absolute atomic E-state index is 12.7. The summed E-state index contributed by atoms with van der Waals surface area (Å²) in [6.45, 7) is -0.0400. The van der Waals surface area contributed by atoms with Crippen LogP contribution in [0.4, 0.5) is 17.1 Å². The second-order valence-electron chi connectivity index (χ2n) is 12.8. The zero-order valence-electron chi connectivity index (χ0n) is 29.1. The van der Waals surface area contributed by atoms with E-state index in [2.05, 4.69) is 26.2 Å². The Hall–Kier alpha value is -5.28. The molecule has 5 aromatic rings. The fraction of sp³-hybridized carbons (Fsp3) is 0.308. The predicted molar refractivity (Wildman–Crippen MR) is 202 cm³/mol. The van der Waals surface area contributed by atoms with Crippen molar-refractivity contribution in [2.24, 2.45) is 0 Å². The van der Waals surface area contributed by atoms with Crippen LogP contribution >= 0.6 is 11.8 Å². The molecule has 3 unspecified atom stereocenters. The van der Waals surface area contributed by atoms with E-state index in [0.29, 0.717) is 47.2 Å². The van der Waals surface area contributed by atoms with E-state index >= 15 is 0 Å². The van der Waals surface area contributed by atoms with Crippen LogP contribution in [0.25, 0.3) is 5.69 Å². The SMILES string of the molecule is Nc1ccccc1NC(=O)CCCCCCC(=O)Nc1ccc(C2OC(CSc3nnnn3-c3ccc(O)cc3)CC(c3ccc(CO)cc3)O2)cc1. The second-order valence-corrected chi connectivity index (χ2v) is 13.8. The van der Waals surface area contributed by atoms with Crippen LogP contribution < -0.4 is 16.4 Å². The van der Waals surface area contributed by atoms with Gasteiger partial charge in [-0.3, -0.25) is 9.59 Å². The topological polar surface area (TPSA) is 187 Å². The number of carbonyl (C=O) groups is 2. The van der Waals surface area contributed by atoms with Crippen molar-refractivity contribution in [1.29, 1.82) is 0 Å². The number of rotatable bonds is 16. The molecule has 1 aliphatic rings. The molecule has 1 saturated heterocycles. The number of aliphatic hydroxyl groups excluding tert-OH is 1. The van der Waals surface area contributed by atoms with Gasteiger partial charge in [0.05, 0.1) is 35.9 Å². The summed E-state index contributed by atoms with van der Waals surface area (Å²) in [6, 6.07) is 29.0. The molecule has 276 valence electrons. The molecule has 1 fully saturated rings. The standard InChI is InChI=1S/C39H43N7O6S/c40-33-7-5-6-8-34(33)42-37(50)10-4-2-1-3-9-36(49)41-29-17-15-28(16-18-29)38-51-32(23-35(52-38)27-13-11-26(24-47)12-14-27)25-53-39-43-44-45-46(39)30-19-21-31(48)22-20-30/h5-8,11-22,32,35,38,47-48H,1-4,9-10,23-25,40H2,(H,41,49)(H,42,50). The summed E-state index contributed by atoms with van der Waals surface area (Å²) in [5.41, 5.74) is 11.1. The lowest BCUT2D eigenvalue weighted by atomic mass is 10.0. The Morgan fingerprint density at radius 1 is 0.830 bits per heavy atom. The second kappa shape index (κ2) is 18.5. The van der Waals surface area contributed by atoms with Gasteiger partial charge in [-0.05, 0) is 82.9 Å². The number of nitrogen functional groups attached to an aromatic ring is 1. The van der Waals surface area contributed by atoms with Crippen LogP contribution in [0.15, 0.2) is 102 Å². The number of anilines is 3. The number of thioether (sulfide) groups is 1. The fourth-order valence-electron chi connectivity index (χ4n) is 5.91. The molecule has 2 heterocycles. The number of aromatic nitrogens is 4. The highest BCUT2D eigenvalue weighted by atomic mass is 32.2. The van der Waals surface area contributed by atoms with E-state index in [9.17, 15) is 19.8 Å². The van der Waals surface area contributed by atoms with Gasteiger partial charge in [0.1, 0.15) is 5.75 Å². The van der Waals surface area contributed by atoms with Crippen molar-refractivity contribution < 1.29 is 29.3 Å². The van der Waals surface area contributed by atoms with Gasteiger partial charge in [-0.25, -0.2) is 0 Å². The number of tetrazole rings is 1. The zero-order valence-corrected chi connectivity index (χ0v) is 30.0. The number of phenols is 1. The number of hydrogen-bond acceptors (Lipinski definition) is 11. The van der Waals surface area contributed by atoms with Gasteiger partial charge in [-0.1, -0.05) is 73.1 Å². The number of nitrogens with zero attached hydrogens (tertiary/aromatic N) is 4. The molecule has 0 radical (unpaired) electrons. The molecule has 1 aliphatic heterocycles. The van der Waals surface area contributed by atoms with Crippen molar-refractivity contribution in [1.82, 2.24) is 20.2 Å². The highest BCUT2D eigenvalue weighted by molar-refractivity contribution is 7.99. The summed E-state index contributed by atoms with van der Waals surface area (Å²) in [5.74, 6) is 0.565. The lowest BCUT2D eigenvalue weighted by Gasteiger charge is -2.36. The monoisotopic (exact) mass is 737 g/mol. The molecule has 6 N–H and O–H groups in total. The van der Waals surface area contributed by atoms with Gasteiger partial charge in [0.15, 0.2) is 6.29 Å². The first-order valence-electron chi connectivity index (χ1n) is 17.6. The average molecular weight is 738 g/mol. The lowest BCUT2D eigenvalue weighted by Crippen LogP contribution is -2.31. The molecule has 0 aliphatic carbocycles. The van der Waals surface area contributed by atoms with Crippen molar-refractivity contribution in [3.8, 4) is 11.4 Å². The number of nitrogens with two attached hydrogens (primary N) is 1. The summed E-state index contributed by atoms with van der Waals surface area (Å²) in [6.07, 6.45) is 3.38. The van der Waals surface area contributed by atoms with E-state index in [1.807, 2.05) is 60.7 Å². The number of phenolic OH excluding ortho intramolecular Hbond substituents is 1. The number of ether oxygens (including phenoxy) is 2. The third kappa shape index (κ3) is 10.6. The first kappa shape index (κ1) is 37.5. The van der Waals surface area contributed by atoms with E-state index < -0.39 is 6.29 Å². The summed E-state index contributed by atoms with van der Waals surface area (Å²) in [4.78, 5) is 24.9. The average Bonchev–Trinajstić information content (AvgIpc) is 3.65. The third-order valence-corrected chi connectivity index (χ3v) is 9.86. The molecule has 4 aromatic carbocycles. The minimum absolute atomic E-state index is 0.0400.